The highest BCUT2D eigenvalue weighted by molar-refractivity contribution is 6.19. The molecular weight excluding hydrogens is 381 g/mol. The van der Waals surface area contributed by atoms with E-state index in [0.29, 0.717) is 21.8 Å². The van der Waals surface area contributed by atoms with Crippen LogP contribution in [0.1, 0.15) is 27.0 Å². The standard InChI is InChI=1S/C22H17F3N2O2/c1-12-9-17-20(18(28)10-12)19-14(21(26)29)6-4-8-16(19)27(17)11-13-5-2-3-7-15(13)22(23,24)25/h2-10,28H,11H2,1H3,(H2,26,29). The number of nitrogens with zero attached hydrogens (tertiary/aromatic N) is 1. The molecule has 29 heavy (non-hydrogen) atoms. The number of alkyl halides is 3. The lowest BCUT2D eigenvalue weighted by molar-refractivity contribution is -0.138. The van der Waals surface area contributed by atoms with Crippen molar-refractivity contribution in [1.82, 2.24) is 4.57 Å². The zero-order valence-electron chi connectivity index (χ0n) is 15.4. The first-order valence-electron chi connectivity index (χ1n) is 8.88. The molecule has 0 atom stereocenters. The molecule has 0 bridgehead atoms. The Labute approximate surface area is 164 Å². The summed E-state index contributed by atoms with van der Waals surface area (Å²) < 4.78 is 42.2. The Morgan fingerprint density at radius 3 is 2.45 bits per heavy atom. The topological polar surface area (TPSA) is 68.2 Å². The second-order valence-electron chi connectivity index (χ2n) is 6.98. The third kappa shape index (κ3) is 3.08. The predicted molar refractivity (Wildman–Crippen MR) is 105 cm³/mol. The van der Waals surface area contributed by atoms with Crippen LogP contribution < -0.4 is 5.73 Å². The number of phenolic OH excluding ortho intramolecular Hbond substituents is 1. The molecule has 0 aliphatic carbocycles. The number of hydrogen-bond acceptors (Lipinski definition) is 2. The van der Waals surface area contributed by atoms with E-state index in [2.05, 4.69) is 0 Å². The molecule has 0 aliphatic heterocycles. The Balaban J connectivity index is 2.08. The van der Waals surface area contributed by atoms with Gasteiger partial charge in [-0.3, -0.25) is 4.79 Å². The largest absolute Gasteiger partial charge is 0.507 e. The van der Waals surface area contributed by atoms with Crippen molar-refractivity contribution in [3.8, 4) is 5.75 Å². The van der Waals surface area contributed by atoms with Crippen LogP contribution in [0.5, 0.6) is 5.75 Å². The van der Waals surface area contributed by atoms with Gasteiger partial charge < -0.3 is 15.4 Å². The summed E-state index contributed by atoms with van der Waals surface area (Å²) in [6, 6.07) is 13.6. The van der Waals surface area contributed by atoms with Crippen molar-refractivity contribution in [3.63, 3.8) is 0 Å². The van der Waals surface area contributed by atoms with Crippen LogP contribution in [0.2, 0.25) is 0 Å². The number of benzene rings is 3. The number of nitrogens with two attached hydrogens (primary N) is 1. The summed E-state index contributed by atoms with van der Waals surface area (Å²) in [6.07, 6.45) is -4.49. The van der Waals surface area contributed by atoms with Gasteiger partial charge in [-0.05, 0) is 48.4 Å². The summed E-state index contributed by atoms with van der Waals surface area (Å²) in [5.74, 6) is -0.730. The first-order chi connectivity index (χ1) is 13.7. The average Bonchev–Trinajstić information content (AvgIpc) is 2.95. The fourth-order valence-corrected chi connectivity index (χ4v) is 3.86. The van der Waals surface area contributed by atoms with Crippen LogP contribution in [-0.2, 0) is 12.7 Å². The van der Waals surface area contributed by atoms with Gasteiger partial charge in [-0.2, -0.15) is 13.2 Å². The molecule has 4 rings (SSSR count). The number of aromatic hydroxyl groups is 1. The molecule has 0 unspecified atom stereocenters. The highest BCUT2D eigenvalue weighted by Crippen LogP contribution is 2.39. The molecule has 148 valence electrons. The minimum atomic E-state index is -4.49. The smallest absolute Gasteiger partial charge is 0.416 e. The minimum absolute atomic E-state index is 0.0541. The number of halogens is 3. The van der Waals surface area contributed by atoms with Gasteiger partial charge in [0, 0.05) is 17.5 Å². The molecule has 7 heteroatoms. The Hall–Kier alpha value is -3.48. The number of carbonyl (C=O) groups excluding carboxylic acids is 1. The number of phenols is 1. The summed E-state index contributed by atoms with van der Waals surface area (Å²) in [4.78, 5) is 12.0. The predicted octanol–water partition coefficient (Wildman–Crippen LogP) is 4.97. The molecular formula is C22H17F3N2O2. The lowest BCUT2D eigenvalue weighted by atomic mass is 10.0. The Morgan fingerprint density at radius 1 is 1.03 bits per heavy atom. The van der Waals surface area contributed by atoms with Gasteiger partial charge in [-0.1, -0.05) is 24.3 Å². The van der Waals surface area contributed by atoms with Gasteiger partial charge in [-0.15, -0.1) is 0 Å². The zero-order valence-corrected chi connectivity index (χ0v) is 15.4. The van der Waals surface area contributed by atoms with Crippen LogP contribution in [0.4, 0.5) is 13.2 Å². The van der Waals surface area contributed by atoms with E-state index < -0.39 is 17.6 Å². The Kier molecular flexibility index (Phi) is 4.26. The van der Waals surface area contributed by atoms with Crippen molar-refractivity contribution in [2.75, 3.05) is 0 Å². The highest BCUT2D eigenvalue weighted by atomic mass is 19.4. The number of aryl methyl sites for hydroxylation is 1. The van der Waals surface area contributed by atoms with Crippen molar-refractivity contribution in [2.45, 2.75) is 19.6 Å². The van der Waals surface area contributed by atoms with Gasteiger partial charge in [0.25, 0.3) is 0 Å². The average molecular weight is 398 g/mol. The number of carbonyl (C=O) groups is 1. The lowest BCUT2D eigenvalue weighted by Crippen LogP contribution is -2.12. The molecule has 0 saturated carbocycles. The number of hydrogen-bond donors (Lipinski definition) is 2. The summed E-state index contributed by atoms with van der Waals surface area (Å²) in [5, 5.41) is 11.4. The number of amides is 1. The van der Waals surface area contributed by atoms with Crippen LogP contribution in [0.3, 0.4) is 0 Å². The van der Waals surface area contributed by atoms with Crippen molar-refractivity contribution >= 4 is 27.7 Å². The first-order valence-corrected chi connectivity index (χ1v) is 8.88. The van der Waals surface area contributed by atoms with Gasteiger partial charge in [0.05, 0.1) is 22.0 Å². The fourth-order valence-electron chi connectivity index (χ4n) is 3.86. The summed E-state index contributed by atoms with van der Waals surface area (Å²) in [5.41, 5.74) is 6.87. The SMILES string of the molecule is Cc1cc(O)c2c3c(C(N)=O)cccc3n(Cc3ccccc3C(F)(F)F)c2c1. The fraction of sp³-hybridized carbons (Fsp3) is 0.136. The number of fused-ring (bicyclic) bond motifs is 3. The van der Waals surface area contributed by atoms with Crippen LogP contribution in [0, 0.1) is 6.92 Å². The van der Waals surface area contributed by atoms with Crippen molar-refractivity contribution < 1.29 is 23.1 Å². The number of rotatable bonds is 3. The van der Waals surface area contributed by atoms with E-state index in [-0.39, 0.29) is 23.4 Å². The second kappa shape index (κ2) is 6.55. The maximum atomic E-state index is 13.5. The van der Waals surface area contributed by atoms with Gasteiger partial charge in [0.15, 0.2) is 0 Å². The van der Waals surface area contributed by atoms with E-state index in [0.717, 1.165) is 11.6 Å². The van der Waals surface area contributed by atoms with Crippen LogP contribution in [-0.4, -0.2) is 15.6 Å². The van der Waals surface area contributed by atoms with E-state index in [1.54, 1.807) is 41.8 Å². The first kappa shape index (κ1) is 18.9. The maximum absolute atomic E-state index is 13.5. The molecule has 0 aliphatic rings. The summed E-state index contributed by atoms with van der Waals surface area (Å²) in [6.45, 7) is 1.70. The molecule has 3 aromatic carbocycles. The van der Waals surface area contributed by atoms with Gasteiger partial charge in [0.2, 0.25) is 5.91 Å². The normalized spacial score (nSPS) is 12.0. The number of primary amides is 1. The van der Waals surface area contributed by atoms with Crippen molar-refractivity contribution in [1.29, 1.82) is 0 Å². The molecule has 0 saturated heterocycles. The van der Waals surface area contributed by atoms with Crippen LogP contribution >= 0.6 is 0 Å². The minimum Gasteiger partial charge on any atom is -0.507 e. The molecule has 3 N–H and O–H groups in total. The molecule has 0 radical (unpaired) electrons. The number of aromatic nitrogens is 1. The van der Waals surface area contributed by atoms with E-state index >= 15 is 0 Å². The molecule has 0 spiro atoms. The van der Waals surface area contributed by atoms with E-state index in [4.69, 9.17) is 5.73 Å². The molecule has 0 fully saturated rings. The Bertz CT molecular complexity index is 1270. The zero-order chi connectivity index (χ0) is 20.9. The van der Waals surface area contributed by atoms with Crippen molar-refractivity contribution in [2.24, 2.45) is 5.73 Å². The van der Waals surface area contributed by atoms with E-state index in [1.165, 1.54) is 18.2 Å². The molecule has 1 amide bonds. The second-order valence-corrected chi connectivity index (χ2v) is 6.98. The maximum Gasteiger partial charge on any atom is 0.416 e. The van der Waals surface area contributed by atoms with Gasteiger partial charge in [-0.25, -0.2) is 0 Å². The van der Waals surface area contributed by atoms with E-state index in [9.17, 15) is 23.1 Å². The summed E-state index contributed by atoms with van der Waals surface area (Å²) in [7, 11) is 0. The third-order valence-electron chi connectivity index (χ3n) is 5.03. The van der Waals surface area contributed by atoms with E-state index in [1.807, 2.05) is 0 Å². The van der Waals surface area contributed by atoms with Gasteiger partial charge >= 0.3 is 6.18 Å². The highest BCUT2D eigenvalue weighted by Gasteiger charge is 2.33. The molecule has 4 aromatic rings. The van der Waals surface area contributed by atoms with Crippen LogP contribution in [0.15, 0.2) is 54.6 Å². The van der Waals surface area contributed by atoms with Gasteiger partial charge in [0.1, 0.15) is 5.75 Å². The quantitative estimate of drug-likeness (QED) is 0.511. The monoisotopic (exact) mass is 398 g/mol. The molecule has 1 aromatic heterocycles. The van der Waals surface area contributed by atoms with Crippen LogP contribution in [0.25, 0.3) is 21.8 Å². The third-order valence-corrected chi connectivity index (χ3v) is 5.03. The molecule has 4 nitrogen and oxygen atoms in total. The Morgan fingerprint density at radius 2 is 1.76 bits per heavy atom. The molecule has 1 heterocycles. The lowest BCUT2D eigenvalue weighted by Gasteiger charge is -2.15. The van der Waals surface area contributed by atoms with Crippen molar-refractivity contribution in [3.05, 3.63) is 76.9 Å². The summed E-state index contributed by atoms with van der Waals surface area (Å²) >= 11 is 0.